The number of hydrogen-bond donors (Lipinski definition) is 0. The topological polar surface area (TPSA) is 55.8 Å². The summed E-state index contributed by atoms with van der Waals surface area (Å²) in [4.78, 5) is 25.5. The molecule has 0 saturated heterocycles. The molecule has 0 aliphatic rings. The summed E-state index contributed by atoms with van der Waals surface area (Å²) in [6.45, 7) is 0.273. The quantitative estimate of drug-likeness (QED) is 0.709. The van der Waals surface area contributed by atoms with E-state index in [1.807, 2.05) is 0 Å². The highest BCUT2D eigenvalue weighted by Gasteiger charge is 2.19. The van der Waals surface area contributed by atoms with Gasteiger partial charge in [-0.05, 0) is 35.9 Å². The Morgan fingerprint density at radius 1 is 1.00 bits per heavy atom. The van der Waals surface area contributed by atoms with Crippen LogP contribution in [-0.4, -0.2) is 37.5 Å². The van der Waals surface area contributed by atoms with Gasteiger partial charge in [0.1, 0.15) is 5.75 Å². The lowest BCUT2D eigenvalue weighted by atomic mass is 10.1. The van der Waals surface area contributed by atoms with Crippen molar-refractivity contribution in [3.63, 3.8) is 0 Å². The van der Waals surface area contributed by atoms with Gasteiger partial charge in [0.05, 0.1) is 20.6 Å². The molecule has 0 atom stereocenters. The molecule has 0 aliphatic heterocycles. The van der Waals surface area contributed by atoms with E-state index >= 15 is 0 Å². The van der Waals surface area contributed by atoms with E-state index in [2.05, 4.69) is 4.74 Å². The van der Waals surface area contributed by atoms with Gasteiger partial charge in [-0.15, -0.1) is 0 Å². The summed E-state index contributed by atoms with van der Waals surface area (Å²) in [5, 5.41) is 0. The highest BCUT2D eigenvalue weighted by atomic mass is 19.2. The maximum Gasteiger partial charge on any atom is 0.307 e. The molecule has 0 aliphatic carbocycles. The van der Waals surface area contributed by atoms with Crippen molar-refractivity contribution in [2.45, 2.75) is 13.0 Å². The normalized spacial score (nSPS) is 10.3. The molecule has 0 unspecified atom stereocenters. The number of carbonyl (C=O) groups excluding carboxylic acids is 2. The minimum atomic E-state index is -1.10. The molecule has 0 aromatic heterocycles. The molecule has 2 aromatic rings. The van der Waals surface area contributed by atoms with Gasteiger partial charge in [0, 0.05) is 18.7 Å². The summed E-state index contributed by atoms with van der Waals surface area (Å²) in [5.41, 5.74) is 0.800. The fourth-order valence-corrected chi connectivity index (χ4v) is 2.34. The summed E-state index contributed by atoms with van der Waals surface area (Å²) >= 11 is 0. The molecule has 26 heavy (non-hydrogen) atoms. The first-order valence-corrected chi connectivity index (χ1v) is 7.88. The van der Waals surface area contributed by atoms with Crippen LogP contribution < -0.4 is 4.74 Å². The molecule has 2 aromatic carbocycles. The Hall–Kier alpha value is -2.96. The molecule has 0 heterocycles. The third-order valence-electron chi connectivity index (χ3n) is 3.80. The Balaban J connectivity index is 2.21. The first-order valence-electron chi connectivity index (χ1n) is 7.88. The summed E-state index contributed by atoms with van der Waals surface area (Å²) in [6.07, 6.45) is -0.0118. The maximum absolute atomic E-state index is 13.4. The van der Waals surface area contributed by atoms with Gasteiger partial charge in [-0.1, -0.05) is 12.1 Å². The van der Waals surface area contributed by atoms with Crippen molar-refractivity contribution in [1.29, 1.82) is 0 Å². The van der Waals surface area contributed by atoms with Crippen LogP contribution >= 0.6 is 0 Å². The predicted octanol–water partition coefficient (Wildman–Crippen LogP) is 3.18. The Labute approximate surface area is 150 Å². The van der Waals surface area contributed by atoms with E-state index in [-0.39, 0.29) is 25.1 Å². The zero-order valence-corrected chi connectivity index (χ0v) is 14.5. The molecule has 7 heteroatoms. The second-order valence-corrected chi connectivity index (χ2v) is 5.53. The van der Waals surface area contributed by atoms with E-state index in [1.54, 1.807) is 31.4 Å². The Kier molecular flexibility index (Phi) is 6.66. The molecule has 0 radical (unpaired) electrons. The molecule has 2 rings (SSSR count). The predicted molar refractivity (Wildman–Crippen MR) is 90.7 cm³/mol. The second-order valence-electron chi connectivity index (χ2n) is 5.53. The van der Waals surface area contributed by atoms with Gasteiger partial charge < -0.3 is 14.4 Å². The molecule has 0 bridgehead atoms. The van der Waals surface area contributed by atoms with E-state index < -0.39 is 23.5 Å². The van der Waals surface area contributed by atoms with Crippen LogP contribution in [0.5, 0.6) is 5.75 Å². The second kappa shape index (κ2) is 8.94. The number of methoxy groups -OCH3 is 2. The van der Waals surface area contributed by atoms with Gasteiger partial charge in [-0.2, -0.15) is 0 Å². The summed E-state index contributed by atoms with van der Waals surface area (Å²) in [6, 6.07) is 10.0. The number of halogens is 2. The summed E-state index contributed by atoms with van der Waals surface area (Å²) in [7, 11) is 2.80. The van der Waals surface area contributed by atoms with Crippen molar-refractivity contribution in [3.05, 3.63) is 65.2 Å². The van der Waals surface area contributed by atoms with Gasteiger partial charge in [-0.25, -0.2) is 8.78 Å². The SMILES string of the molecule is COC(=O)CCN(Cc1ccc(OC)cc1)C(=O)c1ccc(F)c(F)c1. The Bertz CT molecular complexity index is 778. The van der Waals surface area contributed by atoms with Crippen LogP contribution in [0.1, 0.15) is 22.3 Å². The molecule has 0 saturated carbocycles. The third-order valence-corrected chi connectivity index (χ3v) is 3.80. The van der Waals surface area contributed by atoms with Crippen LogP contribution in [0.2, 0.25) is 0 Å². The third kappa shape index (κ3) is 5.02. The molecule has 0 spiro atoms. The molecule has 0 fully saturated rings. The zero-order chi connectivity index (χ0) is 19.1. The van der Waals surface area contributed by atoms with E-state index in [0.717, 1.165) is 17.7 Å². The maximum atomic E-state index is 13.4. The van der Waals surface area contributed by atoms with Crippen LogP contribution in [0.4, 0.5) is 8.78 Å². The first-order chi connectivity index (χ1) is 12.4. The number of hydrogen-bond acceptors (Lipinski definition) is 4. The minimum absolute atomic E-state index is 0.00211. The molecule has 5 nitrogen and oxygen atoms in total. The highest BCUT2D eigenvalue weighted by Crippen LogP contribution is 2.16. The lowest BCUT2D eigenvalue weighted by Gasteiger charge is -2.23. The van der Waals surface area contributed by atoms with Crippen LogP contribution in [0.25, 0.3) is 0 Å². The fraction of sp³-hybridized carbons (Fsp3) is 0.263. The van der Waals surface area contributed by atoms with Gasteiger partial charge in [0.25, 0.3) is 5.91 Å². The van der Waals surface area contributed by atoms with Crippen molar-refractivity contribution in [2.24, 2.45) is 0 Å². The number of ether oxygens (including phenoxy) is 2. The van der Waals surface area contributed by atoms with E-state index in [9.17, 15) is 18.4 Å². The van der Waals surface area contributed by atoms with Crippen LogP contribution in [0, 0.1) is 11.6 Å². The molecular weight excluding hydrogens is 344 g/mol. The van der Waals surface area contributed by atoms with Crippen molar-refractivity contribution >= 4 is 11.9 Å². The van der Waals surface area contributed by atoms with E-state index in [4.69, 9.17) is 4.74 Å². The molecule has 138 valence electrons. The lowest BCUT2D eigenvalue weighted by Crippen LogP contribution is -2.33. The average Bonchev–Trinajstić information content (AvgIpc) is 2.66. The summed E-state index contributed by atoms with van der Waals surface area (Å²) < 4.78 is 36.2. The van der Waals surface area contributed by atoms with Crippen molar-refractivity contribution in [2.75, 3.05) is 20.8 Å². The van der Waals surface area contributed by atoms with Gasteiger partial charge in [-0.3, -0.25) is 9.59 Å². The van der Waals surface area contributed by atoms with Crippen LogP contribution in [-0.2, 0) is 16.1 Å². The zero-order valence-electron chi connectivity index (χ0n) is 14.5. The molecule has 1 amide bonds. The van der Waals surface area contributed by atoms with Crippen molar-refractivity contribution < 1.29 is 27.8 Å². The van der Waals surface area contributed by atoms with Gasteiger partial charge in [0.15, 0.2) is 11.6 Å². The number of rotatable bonds is 7. The van der Waals surface area contributed by atoms with E-state index in [1.165, 1.54) is 18.1 Å². The lowest BCUT2D eigenvalue weighted by molar-refractivity contribution is -0.140. The number of amides is 1. The molecular formula is C19H19F2NO4. The average molecular weight is 363 g/mol. The Morgan fingerprint density at radius 3 is 2.27 bits per heavy atom. The van der Waals surface area contributed by atoms with Crippen LogP contribution in [0.15, 0.2) is 42.5 Å². The van der Waals surface area contributed by atoms with E-state index in [0.29, 0.717) is 5.75 Å². The minimum Gasteiger partial charge on any atom is -0.497 e. The van der Waals surface area contributed by atoms with Gasteiger partial charge >= 0.3 is 5.97 Å². The van der Waals surface area contributed by atoms with Crippen molar-refractivity contribution in [1.82, 2.24) is 4.90 Å². The Morgan fingerprint density at radius 2 is 1.69 bits per heavy atom. The smallest absolute Gasteiger partial charge is 0.307 e. The number of benzene rings is 2. The van der Waals surface area contributed by atoms with Crippen LogP contribution in [0.3, 0.4) is 0 Å². The fourth-order valence-electron chi connectivity index (χ4n) is 2.34. The standard InChI is InChI=1S/C19H19F2NO4/c1-25-15-6-3-13(4-7-15)12-22(10-9-18(23)26-2)19(24)14-5-8-16(20)17(21)11-14/h3-8,11H,9-10,12H2,1-2H3. The largest absolute Gasteiger partial charge is 0.497 e. The number of esters is 1. The monoisotopic (exact) mass is 363 g/mol. The number of nitrogens with zero attached hydrogens (tertiary/aromatic N) is 1. The highest BCUT2D eigenvalue weighted by molar-refractivity contribution is 5.94. The number of carbonyl (C=O) groups is 2. The van der Waals surface area contributed by atoms with Gasteiger partial charge in [0.2, 0.25) is 0 Å². The van der Waals surface area contributed by atoms with Crippen molar-refractivity contribution in [3.8, 4) is 5.75 Å². The summed E-state index contributed by atoms with van der Waals surface area (Å²) in [5.74, 6) is -2.45. The molecule has 0 N–H and O–H groups in total. The first kappa shape index (κ1) is 19.4.